The summed E-state index contributed by atoms with van der Waals surface area (Å²) in [5.41, 5.74) is 1.59. The van der Waals surface area contributed by atoms with Gasteiger partial charge in [0.25, 0.3) is 5.56 Å². The van der Waals surface area contributed by atoms with E-state index in [1.165, 1.54) is 16.0 Å². The van der Waals surface area contributed by atoms with E-state index >= 15 is 0 Å². The van der Waals surface area contributed by atoms with Gasteiger partial charge in [0.05, 0.1) is 17.7 Å². The molecule has 2 heterocycles. The summed E-state index contributed by atoms with van der Waals surface area (Å²) >= 11 is 1.19. The van der Waals surface area contributed by atoms with Gasteiger partial charge in [-0.05, 0) is 44.0 Å². The molecule has 0 radical (unpaired) electrons. The van der Waals surface area contributed by atoms with Crippen LogP contribution in [-0.2, 0) is 9.53 Å². The number of nitrogens with one attached hydrogen (secondary N) is 1. The number of carbonyl (C=O) groups excluding carboxylic acids is 2. The van der Waals surface area contributed by atoms with E-state index in [1.54, 1.807) is 39.1 Å². The second-order valence-electron chi connectivity index (χ2n) is 8.11. The van der Waals surface area contributed by atoms with E-state index in [0.717, 1.165) is 11.1 Å². The molecular weight excluding hydrogens is 402 g/mol. The Morgan fingerprint density at radius 2 is 1.90 bits per heavy atom. The number of esters is 1. The summed E-state index contributed by atoms with van der Waals surface area (Å²) in [6.45, 7) is 11.2. The molecule has 30 heavy (non-hydrogen) atoms. The van der Waals surface area contributed by atoms with Crippen LogP contribution in [0.15, 0.2) is 28.4 Å². The molecule has 0 spiro atoms. The Kier molecular flexibility index (Phi) is 5.81. The first kappa shape index (κ1) is 21.7. The minimum atomic E-state index is -0.638. The van der Waals surface area contributed by atoms with Gasteiger partial charge in [0.2, 0.25) is 5.91 Å². The molecule has 1 N–H and O–H groups in total. The van der Waals surface area contributed by atoms with Crippen LogP contribution < -0.4 is 10.9 Å². The van der Waals surface area contributed by atoms with Gasteiger partial charge in [-0.3, -0.25) is 9.59 Å². The average Bonchev–Trinajstić information content (AvgIpc) is 3.08. The number of rotatable bonds is 4. The van der Waals surface area contributed by atoms with Gasteiger partial charge in [0.15, 0.2) is 5.69 Å². The fraction of sp³-hybridized carbons (Fsp3) is 0.364. The van der Waals surface area contributed by atoms with Crippen LogP contribution in [0, 0.1) is 19.3 Å². The summed E-state index contributed by atoms with van der Waals surface area (Å²) in [5.74, 6) is -0.843. The van der Waals surface area contributed by atoms with Gasteiger partial charge in [-0.2, -0.15) is 9.78 Å². The maximum Gasteiger partial charge on any atom is 0.359 e. The molecule has 0 fully saturated rings. The van der Waals surface area contributed by atoms with Crippen LogP contribution in [0.3, 0.4) is 0 Å². The van der Waals surface area contributed by atoms with E-state index in [-0.39, 0.29) is 23.6 Å². The van der Waals surface area contributed by atoms with Crippen molar-refractivity contribution in [2.45, 2.75) is 41.5 Å². The SMILES string of the molecule is CCOC(=O)c1nn(-c2ccc(C)c(C)c2)c(=O)c2c(NC(=O)C(C)(C)C)scc12. The van der Waals surface area contributed by atoms with E-state index in [0.29, 0.717) is 16.1 Å². The van der Waals surface area contributed by atoms with E-state index < -0.39 is 16.9 Å². The minimum Gasteiger partial charge on any atom is -0.461 e. The van der Waals surface area contributed by atoms with Crippen molar-refractivity contribution in [3.63, 3.8) is 0 Å². The normalized spacial score (nSPS) is 11.5. The molecule has 2 aromatic heterocycles. The summed E-state index contributed by atoms with van der Waals surface area (Å²) in [6, 6.07) is 5.50. The van der Waals surface area contributed by atoms with E-state index in [2.05, 4.69) is 10.4 Å². The summed E-state index contributed by atoms with van der Waals surface area (Å²) < 4.78 is 6.35. The Hall–Kier alpha value is -3.00. The topological polar surface area (TPSA) is 90.3 Å². The number of hydrogen-bond acceptors (Lipinski definition) is 6. The lowest BCUT2D eigenvalue weighted by molar-refractivity contribution is -0.123. The van der Waals surface area contributed by atoms with Crippen molar-refractivity contribution < 1.29 is 14.3 Å². The zero-order chi connectivity index (χ0) is 22.2. The van der Waals surface area contributed by atoms with Crippen LogP contribution >= 0.6 is 11.3 Å². The van der Waals surface area contributed by atoms with E-state index in [4.69, 9.17) is 4.74 Å². The number of thiophene rings is 1. The first-order valence-electron chi connectivity index (χ1n) is 9.65. The molecule has 0 aliphatic rings. The maximum atomic E-state index is 13.4. The molecular formula is C22H25N3O4S. The molecule has 0 aliphatic heterocycles. The lowest BCUT2D eigenvalue weighted by Crippen LogP contribution is -2.29. The third-order valence-corrected chi connectivity index (χ3v) is 5.66. The van der Waals surface area contributed by atoms with Gasteiger partial charge in [-0.25, -0.2) is 4.79 Å². The molecule has 0 bridgehead atoms. The third kappa shape index (κ3) is 4.00. The number of anilines is 1. The number of fused-ring (bicyclic) bond motifs is 1. The summed E-state index contributed by atoms with van der Waals surface area (Å²) in [4.78, 5) is 38.5. The lowest BCUT2D eigenvalue weighted by Gasteiger charge is -2.17. The van der Waals surface area contributed by atoms with Gasteiger partial charge >= 0.3 is 5.97 Å². The number of aryl methyl sites for hydroxylation is 2. The third-order valence-electron chi connectivity index (χ3n) is 4.76. The molecule has 0 atom stereocenters. The second kappa shape index (κ2) is 8.02. The van der Waals surface area contributed by atoms with E-state index in [9.17, 15) is 14.4 Å². The fourth-order valence-corrected chi connectivity index (χ4v) is 3.75. The zero-order valence-corrected chi connectivity index (χ0v) is 18.8. The molecule has 1 amide bonds. The monoisotopic (exact) mass is 427 g/mol. The Balaban J connectivity index is 2.29. The van der Waals surface area contributed by atoms with Crippen molar-refractivity contribution in [1.29, 1.82) is 0 Å². The maximum absolute atomic E-state index is 13.4. The highest BCUT2D eigenvalue weighted by atomic mass is 32.1. The summed E-state index contributed by atoms with van der Waals surface area (Å²) in [7, 11) is 0. The molecule has 7 nitrogen and oxygen atoms in total. The smallest absolute Gasteiger partial charge is 0.359 e. The van der Waals surface area contributed by atoms with Crippen molar-refractivity contribution >= 4 is 39.0 Å². The van der Waals surface area contributed by atoms with Crippen molar-refractivity contribution in [2.75, 3.05) is 11.9 Å². The number of hydrogen-bond donors (Lipinski definition) is 1. The van der Waals surface area contributed by atoms with Crippen LogP contribution in [0.25, 0.3) is 16.5 Å². The number of amides is 1. The Morgan fingerprint density at radius 1 is 1.20 bits per heavy atom. The largest absolute Gasteiger partial charge is 0.461 e. The quantitative estimate of drug-likeness (QED) is 0.630. The molecule has 1 aromatic carbocycles. The predicted octanol–water partition coefficient (Wildman–Crippen LogP) is 4.23. The Labute approximate surface area is 178 Å². The first-order valence-corrected chi connectivity index (χ1v) is 10.5. The average molecular weight is 428 g/mol. The highest BCUT2D eigenvalue weighted by Crippen LogP contribution is 2.32. The van der Waals surface area contributed by atoms with Crippen LogP contribution in [-0.4, -0.2) is 28.3 Å². The van der Waals surface area contributed by atoms with Crippen LogP contribution in [0.4, 0.5) is 5.00 Å². The van der Waals surface area contributed by atoms with Gasteiger partial charge in [0.1, 0.15) is 5.00 Å². The van der Waals surface area contributed by atoms with Gasteiger partial charge in [0, 0.05) is 16.2 Å². The van der Waals surface area contributed by atoms with Crippen molar-refractivity contribution in [1.82, 2.24) is 9.78 Å². The first-order chi connectivity index (χ1) is 14.0. The molecule has 0 aliphatic carbocycles. The number of ether oxygens (including phenoxy) is 1. The van der Waals surface area contributed by atoms with E-state index in [1.807, 2.05) is 26.0 Å². The highest BCUT2D eigenvalue weighted by molar-refractivity contribution is 7.16. The Morgan fingerprint density at radius 3 is 2.50 bits per heavy atom. The predicted molar refractivity (Wildman–Crippen MR) is 119 cm³/mol. The molecule has 0 saturated carbocycles. The molecule has 3 rings (SSSR count). The van der Waals surface area contributed by atoms with Crippen LogP contribution in [0.1, 0.15) is 49.3 Å². The number of nitrogens with zero attached hydrogens (tertiary/aromatic N) is 2. The molecule has 8 heteroatoms. The van der Waals surface area contributed by atoms with Crippen LogP contribution in [0.2, 0.25) is 0 Å². The minimum absolute atomic E-state index is 0.0391. The standard InChI is InChI=1S/C22H25N3O4S/c1-7-29-20(27)17-15-11-30-18(23-21(28)22(4,5)6)16(15)19(26)25(24-17)14-9-8-12(2)13(3)10-14/h8-11H,7H2,1-6H3,(H,23,28). The number of benzene rings is 1. The second-order valence-corrected chi connectivity index (χ2v) is 8.99. The summed E-state index contributed by atoms with van der Waals surface area (Å²) in [6.07, 6.45) is 0. The molecule has 158 valence electrons. The summed E-state index contributed by atoms with van der Waals surface area (Å²) in [5, 5.41) is 9.81. The lowest BCUT2D eigenvalue weighted by atomic mass is 9.96. The number of carbonyl (C=O) groups is 2. The Bertz CT molecular complexity index is 1200. The molecule has 3 aromatic rings. The number of aromatic nitrogens is 2. The van der Waals surface area contributed by atoms with Gasteiger partial charge < -0.3 is 10.1 Å². The van der Waals surface area contributed by atoms with Crippen molar-refractivity contribution in [3.05, 3.63) is 50.8 Å². The van der Waals surface area contributed by atoms with Crippen LogP contribution in [0.5, 0.6) is 0 Å². The van der Waals surface area contributed by atoms with Crippen molar-refractivity contribution in [2.24, 2.45) is 5.41 Å². The zero-order valence-electron chi connectivity index (χ0n) is 18.0. The molecule has 0 saturated heterocycles. The fourth-order valence-electron chi connectivity index (χ4n) is 2.81. The van der Waals surface area contributed by atoms with Gasteiger partial charge in [-0.1, -0.05) is 26.8 Å². The highest BCUT2D eigenvalue weighted by Gasteiger charge is 2.26. The van der Waals surface area contributed by atoms with Gasteiger partial charge in [-0.15, -0.1) is 11.3 Å². The molecule has 0 unspecified atom stereocenters. The van der Waals surface area contributed by atoms with Crippen molar-refractivity contribution in [3.8, 4) is 5.69 Å².